The molecule has 13 N–H and O–H groups in total. The summed E-state index contributed by atoms with van der Waals surface area (Å²) in [4.78, 5) is 98.7. The number of H-pyrrole nitrogens is 1. The second-order valence-corrected chi connectivity index (χ2v) is 27.6. The number of nitriles is 6. The SMILES string of the molecule is CCOC(/C=C/N(C)C)=C(C#N)C#N.CCOC(C)=C(C#N)C#N.COC(OC)N(C)C.COc1ccnc(N)c1C#N.N#Cc1c(N)[nH]ccc1=O.Nc1ccc(-n2ccc(=O)c3c(N)ncnc32)cc1.Nc1ncnc2c1C(=O)C=CC2.Nc1ncnc2c1c(=O)ccn2-c1ccc([N+](=O)[O-])cc1.O=S(=O)(Cl)c1cccc(Cl)c1Cl.O=[N+]([O-])c1ccc(F)cc1. The van der Waals surface area contributed by atoms with Crippen LogP contribution in [0.1, 0.15) is 48.0 Å². The van der Waals surface area contributed by atoms with Crippen molar-refractivity contribution in [1.29, 1.82) is 31.6 Å². The third-order valence-corrected chi connectivity index (χ3v) is 17.6. The highest BCUT2D eigenvalue weighted by molar-refractivity contribution is 8.13. The first-order valence-electron chi connectivity index (χ1n) is 35.7. The molecule has 0 saturated heterocycles. The topological polar surface area (TPSA) is 656 Å². The zero-order valence-electron chi connectivity index (χ0n) is 69.0. The number of hydrogen-bond acceptors (Lipinski definition) is 36. The van der Waals surface area contributed by atoms with Gasteiger partial charge in [-0.25, -0.2) is 47.7 Å². The Kier molecular flexibility index (Phi) is 44.1. The van der Waals surface area contributed by atoms with Gasteiger partial charge in [-0.15, -0.1) is 0 Å². The number of carbonyl (C=O) groups excluding carboxylic acids is 1. The molecule has 4 aromatic carbocycles. The van der Waals surface area contributed by atoms with Crippen molar-refractivity contribution in [3.63, 3.8) is 0 Å². The molecule has 0 bridgehead atoms. The molecule has 0 atom stereocenters. The molecular weight excluding hydrogens is 1730 g/mol. The van der Waals surface area contributed by atoms with E-state index in [1.807, 2.05) is 51.3 Å². The summed E-state index contributed by atoms with van der Waals surface area (Å²) < 4.78 is 61.9. The number of aromatic amines is 1. The maximum Gasteiger partial charge on any atom is 0.269 e. The second-order valence-electron chi connectivity index (χ2n) is 24.3. The van der Waals surface area contributed by atoms with E-state index in [1.54, 1.807) is 134 Å². The molecule has 0 radical (unpaired) electrons. The minimum atomic E-state index is -3.80. The molecule has 1 aliphatic carbocycles. The lowest BCUT2D eigenvalue weighted by Crippen LogP contribution is -2.30. The average Bonchev–Trinajstić information content (AvgIpc) is 0.783. The van der Waals surface area contributed by atoms with E-state index in [9.17, 15) is 52.2 Å². The van der Waals surface area contributed by atoms with Gasteiger partial charge in [0, 0.05) is 136 Å². The van der Waals surface area contributed by atoms with Crippen molar-refractivity contribution in [2.75, 3.05) is 97.1 Å². The third-order valence-electron chi connectivity index (χ3n) is 15.4. The van der Waals surface area contributed by atoms with Crippen LogP contribution in [0.4, 0.5) is 50.5 Å². The number of nitro groups is 2. The number of benzene rings is 4. The number of anilines is 6. The van der Waals surface area contributed by atoms with Gasteiger partial charge in [0.2, 0.25) is 11.8 Å². The Morgan fingerprint density at radius 3 is 1.52 bits per heavy atom. The minimum Gasteiger partial charge on any atom is -0.496 e. The van der Waals surface area contributed by atoms with Crippen molar-refractivity contribution < 1.29 is 51.1 Å². The number of methoxy groups -OCH3 is 3. The Labute approximate surface area is 738 Å². The van der Waals surface area contributed by atoms with Crippen LogP contribution in [-0.2, 0) is 34.4 Å². The number of allylic oxidation sites excluding steroid dienone is 6. The maximum absolute atomic E-state index is 12.1. The predicted molar refractivity (Wildman–Crippen MR) is 472 cm³/mol. The lowest BCUT2D eigenvalue weighted by atomic mass is 10.0. The number of nitrogens with two attached hydrogens (primary N) is 6. The Morgan fingerprint density at radius 2 is 1.12 bits per heavy atom. The van der Waals surface area contributed by atoms with Gasteiger partial charge in [0.25, 0.3) is 20.4 Å². The van der Waals surface area contributed by atoms with Crippen molar-refractivity contribution in [2.24, 2.45) is 0 Å². The summed E-state index contributed by atoms with van der Waals surface area (Å²) in [6, 6.07) is 38.0. The molecule has 11 aromatic rings. The number of fused-ring (bicyclic) bond motifs is 3. The van der Waals surface area contributed by atoms with E-state index in [-0.39, 0.29) is 112 Å². The lowest BCUT2D eigenvalue weighted by molar-refractivity contribution is -0.385. The molecule has 46 heteroatoms. The van der Waals surface area contributed by atoms with Crippen LogP contribution in [0.15, 0.2) is 225 Å². The number of hydrogen-bond donors (Lipinski definition) is 7. The van der Waals surface area contributed by atoms with Crippen LogP contribution in [-0.4, -0.2) is 152 Å². The first kappa shape index (κ1) is 105. The van der Waals surface area contributed by atoms with E-state index < -0.39 is 24.7 Å². The number of nitrogens with one attached hydrogen (secondary N) is 1. The minimum absolute atomic E-state index is 0.00931. The van der Waals surface area contributed by atoms with Crippen molar-refractivity contribution in [1.82, 2.24) is 58.8 Å². The fourth-order valence-electron chi connectivity index (χ4n) is 9.51. The van der Waals surface area contributed by atoms with Crippen LogP contribution >= 0.6 is 33.9 Å². The average molecular weight is 1820 g/mol. The molecule has 0 spiro atoms. The molecule has 12 rings (SSSR count). The molecule has 7 aromatic heterocycles. The van der Waals surface area contributed by atoms with Gasteiger partial charge >= 0.3 is 0 Å². The van der Waals surface area contributed by atoms with Gasteiger partial charge in [-0.2, -0.15) is 31.6 Å². The first-order chi connectivity index (χ1) is 60.3. The van der Waals surface area contributed by atoms with Gasteiger partial charge in [0.05, 0.1) is 51.5 Å². The summed E-state index contributed by atoms with van der Waals surface area (Å²) in [7, 11) is 13.4. The summed E-state index contributed by atoms with van der Waals surface area (Å²) in [5, 5.41) is 72.1. The standard InChI is InChI=1S/C13H9N5O3.C13H11N5O.C10H13N3O.C8H7N3O.C7H7N3O.C7H8N2O.C6H3Cl3O2S.C6H4FNO2.C6H5N3O.C5H13NO2/c14-12-11-10(19)5-6-17(13(11)16-7-15-12)8-1-3-9(4-2-8)18(20)21;14-8-1-3-9(4-2-8)18-6-5-10(19)11-12(15)16-7-17-13(11)18;1-4-14-10(5-6-13(2)3)9(7-11)8-12;9-8-7-5(10-4-11-8)2-1-3-6(7)12;1-11-6-2-3-10-7(9)5(6)4-8;1-3-10-6(2)7(4-8)5-9;7-4-2-1-3-5(6(4)8)12(9,10)11;7-5-1-3-6(4-2-5)8(9)10;7-3-4-5(10)1-2-9-6(4)8;1-6(2)5(7-3)8-4/h1-7H,(H2,14,15,16);1-7H,14H2,(H2,15,16,17);5-6H,4H2,1-3H3;1,3-4H,2H2,(H2,9,10,11);2-3H,1H3,(H2,9,10);3H2,1-2H3;1-3H;1-4H;1-2H,(H3,8,9,10);5H,1-4H3/b;;6-5+;;;;;;;. The molecule has 0 saturated carbocycles. The molecule has 0 aliphatic heterocycles. The number of carbonyl (C=O) groups is 1. The van der Waals surface area contributed by atoms with Gasteiger partial charge in [0.1, 0.15) is 134 Å². The number of nitro benzene ring substituents is 2. The summed E-state index contributed by atoms with van der Waals surface area (Å²) >= 11 is 11.1. The van der Waals surface area contributed by atoms with Crippen LogP contribution in [0.25, 0.3) is 33.4 Å². The van der Waals surface area contributed by atoms with Crippen LogP contribution in [0.5, 0.6) is 5.75 Å². The number of rotatable bonds is 15. The largest absolute Gasteiger partial charge is 0.496 e. The lowest BCUT2D eigenvalue weighted by Gasteiger charge is -2.19. The molecule has 0 amide bonds. The van der Waals surface area contributed by atoms with Gasteiger partial charge in [-0.1, -0.05) is 35.3 Å². The number of pyridine rings is 4. The molecule has 7 heterocycles. The number of non-ortho nitro benzene ring substituents is 2. The third kappa shape index (κ3) is 32.9. The number of halogens is 4. The van der Waals surface area contributed by atoms with Gasteiger partial charge < -0.3 is 77.1 Å². The summed E-state index contributed by atoms with van der Waals surface area (Å²) in [5.41, 5.74) is 36.8. The normalized spacial score (nSPS) is 10.3. The fourth-order valence-corrected chi connectivity index (χ4v) is 11.2. The van der Waals surface area contributed by atoms with E-state index in [0.717, 1.165) is 35.6 Å². The number of ether oxygens (including phenoxy) is 5. The smallest absolute Gasteiger partial charge is 0.269 e. The molecule has 1 aliphatic rings. The van der Waals surface area contributed by atoms with Crippen molar-refractivity contribution in [2.45, 2.75) is 38.5 Å². The number of nitrogens with zero attached hydrogens (tertiary/aromatic N) is 19. The first-order valence-corrected chi connectivity index (χ1v) is 38.8. The van der Waals surface area contributed by atoms with Crippen molar-refractivity contribution >= 4 is 117 Å². The highest BCUT2D eigenvalue weighted by atomic mass is 35.7. The van der Waals surface area contributed by atoms with E-state index in [0.29, 0.717) is 70.5 Å². The molecule has 41 nitrogen and oxygen atoms in total. The van der Waals surface area contributed by atoms with Crippen LogP contribution in [0, 0.1) is 94.0 Å². The van der Waals surface area contributed by atoms with E-state index >= 15 is 0 Å². The fraction of sp³-hybridized carbons (Fsp3) is 0.173. The molecule has 127 heavy (non-hydrogen) atoms. The summed E-state index contributed by atoms with van der Waals surface area (Å²) in [6.07, 6.45) is 17.1. The number of ketones is 1. The number of nitrogen functional groups attached to an aromatic ring is 6. The van der Waals surface area contributed by atoms with Gasteiger partial charge in [-0.3, -0.25) is 44.3 Å². The van der Waals surface area contributed by atoms with Gasteiger partial charge in [-0.05, 0) is 114 Å². The number of aromatic nitrogens is 10. The van der Waals surface area contributed by atoms with Crippen molar-refractivity contribution in [3.05, 3.63) is 295 Å². The highest BCUT2D eigenvalue weighted by Crippen LogP contribution is 2.31. The van der Waals surface area contributed by atoms with Crippen molar-refractivity contribution in [3.8, 4) is 53.5 Å². The Morgan fingerprint density at radius 1 is 0.630 bits per heavy atom. The van der Waals surface area contributed by atoms with Crippen LogP contribution in [0.3, 0.4) is 0 Å². The Hall–Kier alpha value is -16.4. The zero-order chi connectivity index (χ0) is 95.2. The molecule has 0 fully saturated rings. The van der Waals surface area contributed by atoms with E-state index in [4.69, 9.17) is 124 Å². The van der Waals surface area contributed by atoms with Crippen LogP contribution in [0.2, 0.25) is 10.0 Å². The van der Waals surface area contributed by atoms with Crippen LogP contribution < -0.4 is 55.4 Å². The monoisotopic (exact) mass is 1810 g/mol. The van der Waals surface area contributed by atoms with Gasteiger partial charge in [0.15, 0.2) is 39.1 Å². The predicted octanol–water partition coefficient (Wildman–Crippen LogP) is 10.5. The Bertz CT molecular complexity index is 6350. The van der Waals surface area contributed by atoms with E-state index in [1.165, 1.54) is 99.3 Å². The molecule has 0 unspecified atom stereocenters. The highest BCUT2D eigenvalue weighted by Gasteiger charge is 2.20. The quantitative estimate of drug-likeness (QED) is 0.00732. The second kappa shape index (κ2) is 53.4. The molecular formula is C81H80Cl3FN26O15S. The molecule has 658 valence electrons. The zero-order valence-corrected chi connectivity index (χ0v) is 72.1. The van der Waals surface area contributed by atoms with E-state index in [2.05, 4.69) is 39.9 Å². The maximum atomic E-state index is 12.1. The Balaban J connectivity index is 0.000000369. The summed E-state index contributed by atoms with van der Waals surface area (Å²) in [6.45, 7) is 6.12. The summed E-state index contributed by atoms with van der Waals surface area (Å²) in [5.74, 6) is 1.47.